The number of nitrogens with zero attached hydrogens (tertiary/aromatic N) is 2. The van der Waals surface area contributed by atoms with Gasteiger partial charge >= 0.3 is 6.03 Å². The van der Waals surface area contributed by atoms with E-state index in [9.17, 15) is 24.3 Å². The molecule has 3 atom stereocenters. The van der Waals surface area contributed by atoms with E-state index in [0.29, 0.717) is 17.5 Å². The summed E-state index contributed by atoms with van der Waals surface area (Å²) < 4.78 is 0. The van der Waals surface area contributed by atoms with Gasteiger partial charge in [-0.05, 0) is 56.9 Å². The van der Waals surface area contributed by atoms with Crippen molar-refractivity contribution in [2.24, 2.45) is 17.4 Å². The van der Waals surface area contributed by atoms with Gasteiger partial charge in [0.25, 0.3) is 5.91 Å². The minimum Gasteiger partial charge on any atom is -0.391 e. The zero-order chi connectivity index (χ0) is 34.9. The monoisotopic (exact) mass is 652 g/mol. The zero-order valence-electron chi connectivity index (χ0n) is 27.6. The Morgan fingerprint density at radius 1 is 0.812 bits per heavy atom. The zero-order valence-corrected chi connectivity index (χ0v) is 27.6. The normalized spacial score (nSPS) is 13.9. The summed E-state index contributed by atoms with van der Waals surface area (Å²) in [5.74, 6) is -3.96. The molecule has 4 rings (SSSR count). The molecule has 1 heterocycles. The maximum atomic E-state index is 13.8. The Morgan fingerprint density at radius 3 is 2.02 bits per heavy atom. The van der Waals surface area contributed by atoms with Crippen molar-refractivity contribution >= 4 is 34.7 Å². The predicted molar refractivity (Wildman–Crippen MR) is 185 cm³/mol. The van der Waals surface area contributed by atoms with Gasteiger partial charge in [0, 0.05) is 29.9 Å². The summed E-state index contributed by atoms with van der Waals surface area (Å²) >= 11 is 0. The SMILES string of the molecule is CC(C)(C)NC(=O)N(CCc1ccccc1)CC(O)C(Cc1ccccc1)C(CC(N)=O)(NC(=O)c1ccc2ccccc2n1)C(N)=O. The first-order valence-corrected chi connectivity index (χ1v) is 15.9. The van der Waals surface area contributed by atoms with Crippen LogP contribution in [-0.2, 0) is 22.4 Å². The molecule has 252 valence electrons. The molecule has 11 heteroatoms. The van der Waals surface area contributed by atoms with Gasteiger partial charge in [-0.1, -0.05) is 84.9 Å². The molecule has 0 spiro atoms. The fourth-order valence-corrected chi connectivity index (χ4v) is 5.78. The van der Waals surface area contributed by atoms with Crippen molar-refractivity contribution in [1.29, 1.82) is 0 Å². The number of carbonyl (C=O) groups is 4. The van der Waals surface area contributed by atoms with Gasteiger partial charge in [0.05, 0.1) is 18.0 Å². The molecule has 0 fully saturated rings. The maximum Gasteiger partial charge on any atom is 0.317 e. The van der Waals surface area contributed by atoms with E-state index in [0.717, 1.165) is 10.9 Å². The highest BCUT2D eigenvalue weighted by Crippen LogP contribution is 2.30. The molecule has 48 heavy (non-hydrogen) atoms. The molecule has 3 unspecified atom stereocenters. The van der Waals surface area contributed by atoms with Crippen LogP contribution in [0.3, 0.4) is 0 Å². The number of urea groups is 1. The molecule has 0 aliphatic heterocycles. The van der Waals surface area contributed by atoms with E-state index in [1.807, 2.05) is 69.3 Å². The standard InChI is InChI=1S/C37H44N6O5/c1-36(2,3)42-35(48)43(21-20-25-12-6-4-7-13-25)24-31(44)28(22-26-14-8-5-9-15-26)37(34(39)47,23-32(38)45)41-33(46)30-19-18-27-16-10-11-17-29(27)40-30/h4-19,28,31,44H,20-24H2,1-3H3,(H2,38,45)(H2,39,47)(H,41,46)(H,42,48). The molecule has 7 N–H and O–H groups in total. The fraction of sp³-hybridized carbons (Fsp3) is 0.324. The molecule has 1 aromatic heterocycles. The summed E-state index contributed by atoms with van der Waals surface area (Å²) in [6, 6.07) is 28.6. The first-order valence-electron chi connectivity index (χ1n) is 15.9. The van der Waals surface area contributed by atoms with Crippen molar-refractivity contribution in [2.75, 3.05) is 13.1 Å². The van der Waals surface area contributed by atoms with Gasteiger partial charge < -0.3 is 32.1 Å². The van der Waals surface area contributed by atoms with Crippen molar-refractivity contribution in [2.45, 2.75) is 57.2 Å². The van der Waals surface area contributed by atoms with Crippen molar-refractivity contribution in [1.82, 2.24) is 20.5 Å². The van der Waals surface area contributed by atoms with E-state index in [1.54, 1.807) is 42.5 Å². The number of nitrogens with one attached hydrogen (secondary N) is 2. The van der Waals surface area contributed by atoms with Crippen LogP contribution in [-0.4, -0.2) is 69.0 Å². The van der Waals surface area contributed by atoms with Crippen LogP contribution in [0, 0.1) is 5.92 Å². The molecule has 0 aliphatic rings. The number of hydrogen-bond acceptors (Lipinski definition) is 6. The van der Waals surface area contributed by atoms with Crippen molar-refractivity contribution in [3.63, 3.8) is 0 Å². The Kier molecular flexibility index (Phi) is 11.5. The molecule has 4 aromatic rings. The first kappa shape index (κ1) is 35.6. The number of rotatable bonds is 14. The number of para-hydroxylation sites is 1. The van der Waals surface area contributed by atoms with E-state index in [-0.39, 0.29) is 25.2 Å². The van der Waals surface area contributed by atoms with E-state index in [4.69, 9.17) is 11.5 Å². The van der Waals surface area contributed by atoms with Crippen LogP contribution >= 0.6 is 0 Å². The summed E-state index contributed by atoms with van der Waals surface area (Å²) in [5.41, 5.74) is 11.2. The van der Waals surface area contributed by atoms with Gasteiger partial charge in [0.15, 0.2) is 0 Å². The Bertz CT molecular complexity index is 1730. The van der Waals surface area contributed by atoms with E-state index in [1.165, 1.54) is 11.0 Å². The molecule has 5 amide bonds. The lowest BCUT2D eigenvalue weighted by Crippen LogP contribution is -2.67. The van der Waals surface area contributed by atoms with E-state index in [2.05, 4.69) is 15.6 Å². The number of hydrogen-bond donors (Lipinski definition) is 5. The van der Waals surface area contributed by atoms with Gasteiger partial charge in [-0.25, -0.2) is 9.78 Å². The van der Waals surface area contributed by atoms with Gasteiger partial charge in [-0.2, -0.15) is 0 Å². The second-order valence-corrected chi connectivity index (χ2v) is 13.0. The maximum absolute atomic E-state index is 13.8. The minimum absolute atomic E-state index is 0.0110. The number of aliphatic hydroxyl groups is 1. The average Bonchev–Trinajstić information content (AvgIpc) is 3.04. The lowest BCUT2D eigenvalue weighted by atomic mass is 9.73. The van der Waals surface area contributed by atoms with Crippen LogP contribution in [0.1, 0.15) is 48.8 Å². The smallest absolute Gasteiger partial charge is 0.317 e. The van der Waals surface area contributed by atoms with Gasteiger partial charge in [-0.3, -0.25) is 14.4 Å². The number of primary amides is 2. The Hall–Kier alpha value is -5.29. The number of fused-ring (bicyclic) bond motifs is 1. The molecule has 0 saturated carbocycles. The quantitative estimate of drug-likeness (QED) is 0.139. The van der Waals surface area contributed by atoms with E-state index >= 15 is 0 Å². The molecule has 0 saturated heterocycles. The predicted octanol–water partition coefficient (Wildman–Crippen LogP) is 3.34. The summed E-state index contributed by atoms with van der Waals surface area (Å²) in [5, 5.41) is 18.5. The molecule has 0 bridgehead atoms. The third-order valence-electron chi connectivity index (χ3n) is 8.15. The number of nitrogens with two attached hydrogens (primary N) is 2. The van der Waals surface area contributed by atoms with Gasteiger partial charge in [-0.15, -0.1) is 0 Å². The van der Waals surface area contributed by atoms with Crippen LogP contribution in [0.25, 0.3) is 10.9 Å². The molecule has 3 aromatic carbocycles. The minimum atomic E-state index is -2.16. The van der Waals surface area contributed by atoms with Crippen LogP contribution in [0.5, 0.6) is 0 Å². The fourth-order valence-electron chi connectivity index (χ4n) is 5.78. The molecule has 11 nitrogen and oxygen atoms in total. The van der Waals surface area contributed by atoms with Crippen LogP contribution < -0.4 is 22.1 Å². The number of aliphatic hydroxyl groups excluding tert-OH is 1. The summed E-state index contributed by atoms with van der Waals surface area (Å²) in [6.07, 6.45) is -1.66. The number of aromatic nitrogens is 1. The molecular formula is C37H44N6O5. The Labute approximate surface area is 280 Å². The lowest BCUT2D eigenvalue weighted by molar-refractivity contribution is -0.134. The van der Waals surface area contributed by atoms with Crippen LogP contribution in [0.15, 0.2) is 97.1 Å². The lowest BCUT2D eigenvalue weighted by Gasteiger charge is -2.42. The van der Waals surface area contributed by atoms with Crippen molar-refractivity contribution < 1.29 is 24.3 Å². The topological polar surface area (TPSA) is 181 Å². The van der Waals surface area contributed by atoms with Crippen LogP contribution in [0.4, 0.5) is 4.79 Å². The second kappa shape index (κ2) is 15.5. The number of carbonyl (C=O) groups excluding carboxylic acids is 4. The summed E-state index contributed by atoms with van der Waals surface area (Å²) in [4.78, 5) is 59.5. The molecule has 0 radical (unpaired) electrons. The third kappa shape index (κ3) is 9.38. The highest BCUT2D eigenvalue weighted by molar-refractivity contribution is 6.01. The van der Waals surface area contributed by atoms with Crippen molar-refractivity contribution in [3.8, 4) is 0 Å². The third-order valence-corrected chi connectivity index (χ3v) is 8.15. The van der Waals surface area contributed by atoms with Gasteiger partial charge in [0.2, 0.25) is 11.8 Å². The highest BCUT2D eigenvalue weighted by Gasteiger charge is 2.50. The van der Waals surface area contributed by atoms with Gasteiger partial charge in [0.1, 0.15) is 11.2 Å². The van der Waals surface area contributed by atoms with E-state index < -0.39 is 53.3 Å². The highest BCUT2D eigenvalue weighted by atomic mass is 16.3. The number of pyridine rings is 1. The first-order chi connectivity index (χ1) is 22.8. The Balaban J connectivity index is 1.75. The average molecular weight is 653 g/mol. The summed E-state index contributed by atoms with van der Waals surface area (Å²) in [7, 11) is 0. The Morgan fingerprint density at radius 2 is 1.42 bits per heavy atom. The van der Waals surface area contributed by atoms with Crippen LogP contribution in [0.2, 0.25) is 0 Å². The summed E-state index contributed by atoms with van der Waals surface area (Å²) in [6.45, 7) is 5.51. The largest absolute Gasteiger partial charge is 0.391 e. The molecular weight excluding hydrogens is 608 g/mol. The number of benzene rings is 3. The second-order valence-electron chi connectivity index (χ2n) is 13.0. The van der Waals surface area contributed by atoms with Crippen molar-refractivity contribution in [3.05, 3.63) is 114 Å². The number of amides is 5. The molecule has 0 aliphatic carbocycles.